The van der Waals surface area contributed by atoms with Crippen LogP contribution in [0.5, 0.6) is 0 Å². The van der Waals surface area contributed by atoms with Crippen LogP contribution < -0.4 is 5.32 Å². The molecule has 2 aliphatic heterocycles. The molecule has 0 bridgehead atoms. The lowest BCUT2D eigenvalue weighted by molar-refractivity contribution is 0.116. The Morgan fingerprint density at radius 2 is 2.05 bits per heavy atom. The van der Waals surface area contributed by atoms with E-state index in [0.29, 0.717) is 11.3 Å². The normalized spacial score (nSPS) is 28.9. The summed E-state index contributed by atoms with van der Waals surface area (Å²) in [6, 6.07) is 0.601. The SMILES string of the molecule is CCC(CC)C1CN=C(NCC2CN(C)CCN2C)S1. The van der Waals surface area contributed by atoms with Gasteiger partial charge in [0.15, 0.2) is 5.17 Å². The van der Waals surface area contributed by atoms with Crippen molar-refractivity contribution in [3.8, 4) is 0 Å². The third-order valence-corrected chi connectivity index (χ3v) is 6.05. The molecular formula is C15H30N4S. The van der Waals surface area contributed by atoms with Crippen LogP contribution in [0.25, 0.3) is 0 Å². The van der Waals surface area contributed by atoms with E-state index in [4.69, 9.17) is 4.99 Å². The highest BCUT2D eigenvalue weighted by Gasteiger charge is 2.27. The van der Waals surface area contributed by atoms with E-state index in [2.05, 4.69) is 43.1 Å². The summed E-state index contributed by atoms with van der Waals surface area (Å²) < 4.78 is 0. The van der Waals surface area contributed by atoms with E-state index in [-0.39, 0.29) is 0 Å². The first-order chi connectivity index (χ1) is 9.63. The quantitative estimate of drug-likeness (QED) is 0.837. The molecule has 4 nitrogen and oxygen atoms in total. The first-order valence-corrected chi connectivity index (χ1v) is 8.85. The Labute approximate surface area is 128 Å². The molecule has 0 aromatic rings. The molecule has 20 heavy (non-hydrogen) atoms. The van der Waals surface area contributed by atoms with Gasteiger partial charge in [-0.05, 0) is 20.0 Å². The molecule has 1 N–H and O–H groups in total. The molecule has 0 aromatic heterocycles. The van der Waals surface area contributed by atoms with Crippen molar-refractivity contribution >= 4 is 16.9 Å². The van der Waals surface area contributed by atoms with Crippen molar-refractivity contribution in [3.05, 3.63) is 0 Å². The number of nitrogens with one attached hydrogen (secondary N) is 1. The van der Waals surface area contributed by atoms with E-state index in [9.17, 15) is 0 Å². The van der Waals surface area contributed by atoms with Crippen LogP contribution in [-0.2, 0) is 0 Å². The van der Waals surface area contributed by atoms with Gasteiger partial charge in [-0.2, -0.15) is 0 Å². The van der Waals surface area contributed by atoms with Crippen LogP contribution in [0.2, 0.25) is 0 Å². The van der Waals surface area contributed by atoms with E-state index in [1.54, 1.807) is 0 Å². The highest BCUT2D eigenvalue weighted by molar-refractivity contribution is 8.14. The Morgan fingerprint density at radius 1 is 1.30 bits per heavy atom. The predicted octanol–water partition coefficient (Wildman–Crippen LogP) is 1.73. The monoisotopic (exact) mass is 298 g/mol. The van der Waals surface area contributed by atoms with Crippen molar-refractivity contribution in [2.45, 2.75) is 38.0 Å². The molecule has 0 saturated carbocycles. The molecule has 0 radical (unpaired) electrons. The third kappa shape index (κ3) is 4.12. The minimum Gasteiger partial charge on any atom is -0.363 e. The molecule has 116 valence electrons. The number of nitrogens with zero attached hydrogens (tertiary/aromatic N) is 3. The van der Waals surface area contributed by atoms with Crippen molar-refractivity contribution < 1.29 is 0 Å². The van der Waals surface area contributed by atoms with Gasteiger partial charge in [-0.25, -0.2) is 0 Å². The van der Waals surface area contributed by atoms with E-state index < -0.39 is 0 Å². The summed E-state index contributed by atoms with van der Waals surface area (Å²) in [5.74, 6) is 0.812. The molecule has 0 spiro atoms. The molecule has 0 aliphatic carbocycles. The number of thioether (sulfide) groups is 1. The van der Waals surface area contributed by atoms with Crippen LogP contribution in [-0.4, -0.2) is 73.1 Å². The number of hydrogen-bond donors (Lipinski definition) is 1. The lowest BCUT2D eigenvalue weighted by atomic mass is 9.99. The maximum absolute atomic E-state index is 4.70. The standard InChI is InChI=1S/C15H30N4S/c1-5-12(6-2)14-10-17-15(20-14)16-9-13-11-18(3)7-8-19(13)4/h12-14H,5-11H2,1-4H3,(H,16,17). The number of likely N-dealkylation sites (N-methyl/N-ethyl adjacent to an activating group) is 2. The lowest BCUT2D eigenvalue weighted by Gasteiger charge is -2.37. The summed E-state index contributed by atoms with van der Waals surface area (Å²) in [6.45, 7) is 10.1. The Morgan fingerprint density at radius 3 is 2.75 bits per heavy atom. The number of amidine groups is 1. The second-order valence-electron chi connectivity index (χ2n) is 6.16. The Bertz CT molecular complexity index is 330. The molecule has 1 saturated heterocycles. The number of rotatable bonds is 5. The second kappa shape index (κ2) is 7.66. The summed E-state index contributed by atoms with van der Waals surface area (Å²) in [7, 11) is 4.45. The van der Waals surface area contributed by atoms with Crippen molar-refractivity contribution in [3.63, 3.8) is 0 Å². The van der Waals surface area contributed by atoms with E-state index in [0.717, 1.165) is 25.6 Å². The van der Waals surface area contributed by atoms with Gasteiger partial charge in [0.1, 0.15) is 0 Å². The van der Waals surface area contributed by atoms with Crippen LogP contribution in [0.4, 0.5) is 0 Å². The van der Waals surface area contributed by atoms with Gasteiger partial charge in [0.25, 0.3) is 0 Å². The van der Waals surface area contributed by atoms with Gasteiger partial charge in [-0.15, -0.1) is 0 Å². The molecule has 5 heteroatoms. The minimum absolute atomic E-state index is 0.601. The number of hydrogen-bond acceptors (Lipinski definition) is 5. The average Bonchev–Trinajstić information content (AvgIpc) is 2.90. The largest absolute Gasteiger partial charge is 0.363 e. The zero-order chi connectivity index (χ0) is 14.5. The molecule has 2 aliphatic rings. The third-order valence-electron chi connectivity index (χ3n) is 4.72. The summed E-state index contributed by atoms with van der Waals surface area (Å²) in [4.78, 5) is 9.58. The smallest absolute Gasteiger partial charge is 0.156 e. The van der Waals surface area contributed by atoms with Gasteiger partial charge in [-0.3, -0.25) is 9.89 Å². The Kier molecular flexibility index (Phi) is 6.18. The first kappa shape index (κ1) is 16.1. The topological polar surface area (TPSA) is 30.9 Å². The molecule has 0 amide bonds. The average molecular weight is 298 g/mol. The van der Waals surface area contributed by atoms with Crippen LogP contribution in [0.15, 0.2) is 4.99 Å². The van der Waals surface area contributed by atoms with Crippen LogP contribution in [0, 0.1) is 5.92 Å². The predicted molar refractivity (Wildman–Crippen MR) is 89.7 cm³/mol. The van der Waals surface area contributed by atoms with Crippen LogP contribution in [0.3, 0.4) is 0 Å². The fourth-order valence-electron chi connectivity index (χ4n) is 3.08. The van der Waals surface area contributed by atoms with E-state index in [1.165, 1.54) is 31.1 Å². The summed E-state index contributed by atoms with van der Waals surface area (Å²) >= 11 is 1.97. The number of aliphatic imine (C=N–C) groups is 1. The Balaban J connectivity index is 1.75. The van der Waals surface area contributed by atoms with Crippen LogP contribution >= 0.6 is 11.8 Å². The summed E-state index contributed by atoms with van der Waals surface area (Å²) in [5, 5.41) is 5.44. The zero-order valence-electron chi connectivity index (χ0n) is 13.4. The maximum atomic E-state index is 4.70. The van der Waals surface area contributed by atoms with Gasteiger partial charge >= 0.3 is 0 Å². The van der Waals surface area contributed by atoms with Gasteiger partial charge in [0.2, 0.25) is 0 Å². The molecule has 1 fully saturated rings. The van der Waals surface area contributed by atoms with Crippen molar-refractivity contribution in [2.24, 2.45) is 10.9 Å². The lowest BCUT2D eigenvalue weighted by Crippen LogP contribution is -2.54. The fourth-order valence-corrected chi connectivity index (χ4v) is 4.40. The van der Waals surface area contributed by atoms with Gasteiger partial charge in [0.05, 0.1) is 6.54 Å². The molecule has 2 rings (SSSR count). The van der Waals surface area contributed by atoms with Gasteiger partial charge in [-0.1, -0.05) is 38.5 Å². The Hall–Kier alpha value is -0.260. The highest BCUT2D eigenvalue weighted by atomic mass is 32.2. The number of piperazine rings is 1. The highest BCUT2D eigenvalue weighted by Crippen LogP contribution is 2.30. The maximum Gasteiger partial charge on any atom is 0.156 e. The fraction of sp³-hybridized carbons (Fsp3) is 0.933. The molecule has 2 heterocycles. The van der Waals surface area contributed by atoms with Crippen molar-refractivity contribution in [2.75, 3.05) is 46.8 Å². The molecule has 2 unspecified atom stereocenters. The van der Waals surface area contributed by atoms with Crippen molar-refractivity contribution in [1.29, 1.82) is 0 Å². The summed E-state index contributed by atoms with van der Waals surface area (Å²) in [6.07, 6.45) is 2.54. The second-order valence-corrected chi connectivity index (χ2v) is 7.38. The minimum atomic E-state index is 0.601. The first-order valence-electron chi connectivity index (χ1n) is 7.97. The van der Waals surface area contributed by atoms with Gasteiger partial charge in [0, 0.05) is 37.5 Å². The van der Waals surface area contributed by atoms with Gasteiger partial charge < -0.3 is 10.2 Å². The molecule has 0 aromatic carbocycles. The van der Waals surface area contributed by atoms with Crippen molar-refractivity contribution in [1.82, 2.24) is 15.1 Å². The van der Waals surface area contributed by atoms with Crippen LogP contribution in [0.1, 0.15) is 26.7 Å². The molecule has 2 atom stereocenters. The van der Waals surface area contributed by atoms with E-state index in [1.807, 2.05) is 11.8 Å². The molecular weight excluding hydrogens is 268 g/mol. The zero-order valence-corrected chi connectivity index (χ0v) is 14.2. The summed E-state index contributed by atoms with van der Waals surface area (Å²) in [5.41, 5.74) is 0. The van der Waals surface area contributed by atoms with E-state index >= 15 is 0 Å².